The SMILES string of the molecule is O=C(CN1C(=O)COc2ccc(-c3cscn3)cc21)NCCc1ccccc1. The molecule has 0 spiro atoms. The summed E-state index contributed by atoms with van der Waals surface area (Å²) in [6.45, 7) is 0.415. The highest BCUT2D eigenvalue weighted by molar-refractivity contribution is 7.07. The van der Waals surface area contributed by atoms with Gasteiger partial charge in [0.05, 0.1) is 16.9 Å². The number of thiazole rings is 1. The second-order valence-corrected chi connectivity index (χ2v) is 7.13. The Morgan fingerprint density at radius 3 is 2.86 bits per heavy atom. The molecule has 0 bridgehead atoms. The average Bonchev–Trinajstić information content (AvgIpc) is 3.25. The number of rotatable bonds is 6. The fourth-order valence-corrected chi connectivity index (χ4v) is 3.64. The minimum absolute atomic E-state index is 0.0372. The summed E-state index contributed by atoms with van der Waals surface area (Å²) in [6, 6.07) is 15.5. The van der Waals surface area contributed by atoms with Crippen LogP contribution in [0.5, 0.6) is 5.75 Å². The highest BCUT2D eigenvalue weighted by Crippen LogP contribution is 2.35. The molecule has 142 valence electrons. The molecule has 2 amide bonds. The standard InChI is InChI=1S/C21H19N3O3S/c25-20(22-9-8-15-4-2-1-3-5-15)11-24-18-10-16(17-13-28-14-23-17)6-7-19(18)27-12-21(24)26/h1-7,10,13-14H,8-9,11-12H2,(H,22,25). The molecule has 0 fully saturated rings. The van der Waals surface area contributed by atoms with Crippen LogP contribution in [0, 0.1) is 0 Å². The number of hydrogen-bond donors (Lipinski definition) is 1. The fourth-order valence-electron chi connectivity index (χ4n) is 3.08. The summed E-state index contributed by atoms with van der Waals surface area (Å²) < 4.78 is 5.52. The van der Waals surface area contributed by atoms with Crippen LogP contribution in [0.2, 0.25) is 0 Å². The van der Waals surface area contributed by atoms with Gasteiger partial charge in [0.15, 0.2) is 6.61 Å². The lowest BCUT2D eigenvalue weighted by Crippen LogP contribution is -2.45. The molecule has 28 heavy (non-hydrogen) atoms. The number of nitrogens with one attached hydrogen (secondary N) is 1. The van der Waals surface area contributed by atoms with Crippen molar-refractivity contribution in [2.45, 2.75) is 6.42 Å². The Bertz CT molecular complexity index is 974. The van der Waals surface area contributed by atoms with E-state index in [0.29, 0.717) is 18.0 Å². The molecule has 1 N–H and O–H groups in total. The number of nitrogens with zero attached hydrogens (tertiary/aromatic N) is 2. The number of benzene rings is 2. The van der Waals surface area contributed by atoms with E-state index < -0.39 is 0 Å². The summed E-state index contributed by atoms with van der Waals surface area (Å²) in [5.41, 5.74) is 5.23. The Hall–Kier alpha value is -3.19. The second-order valence-electron chi connectivity index (χ2n) is 6.41. The predicted molar refractivity (Wildman–Crippen MR) is 109 cm³/mol. The normalized spacial score (nSPS) is 13.0. The molecule has 7 heteroatoms. The number of ether oxygens (including phenoxy) is 1. The fraction of sp³-hybridized carbons (Fsp3) is 0.190. The number of fused-ring (bicyclic) bond motifs is 1. The minimum Gasteiger partial charge on any atom is -0.482 e. The van der Waals surface area contributed by atoms with Gasteiger partial charge >= 0.3 is 0 Å². The first-order valence-electron chi connectivity index (χ1n) is 8.97. The molecule has 0 unspecified atom stereocenters. The third-order valence-electron chi connectivity index (χ3n) is 4.51. The number of carbonyl (C=O) groups is 2. The third kappa shape index (κ3) is 4.04. The zero-order chi connectivity index (χ0) is 19.3. The smallest absolute Gasteiger partial charge is 0.265 e. The maximum absolute atomic E-state index is 12.4. The number of hydrogen-bond acceptors (Lipinski definition) is 5. The van der Waals surface area contributed by atoms with E-state index in [0.717, 1.165) is 23.2 Å². The maximum Gasteiger partial charge on any atom is 0.265 e. The van der Waals surface area contributed by atoms with Crippen molar-refractivity contribution >= 4 is 28.8 Å². The largest absolute Gasteiger partial charge is 0.482 e. The first-order chi connectivity index (χ1) is 13.7. The first-order valence-corrected chi connectivity index (χ1v) is 9.91. The van der Waals surface area contributed by atoms with Crippen LogP contribution < -0.4 is 15.0 Å². The van der Waals surface area contributed by atoms with Gasteiger partial charge in [0.2, 0.25) is 5.91 Å². The Morgan fingerprint density at radius 1 is 1.21 bits per heavy atom. The van der Waals surface area contributed by atoms with E-state index in [2.05, 4.69) is 10.3 Å². The molecule has 0 aliphatic carbocycles. The molecule has 0 saturated carbocycles. The van der Waals surface area contributed by atoms with E-state index in [-0.39, 0.29) is 25.0 Å². The molecule has 0 radical (unpaired) electrons. The van der Waals surface area contributed by atoms with Gasteiger partial charge in [-0.1, -0.05) is 30.3 Å². The van der Waals surface area contributed by atoms with Gasteiger partial charge in [-0.2, -0.15) is 0 Å². The molecule has 0 atom stereocenters. The quantitative estimate of drug-likeness (QED) is 0.699. The van der Waals surface area contributed by atoms with Gasteiger partial charge in [0.1, 0.15) is 12.3 Å². The van der Waals surface area contributed by atoms with E-state index in [1.54, 1.807) is 5.51 Å². The number of aromatic nitrogens is 1. The van der Waals surface area contributed by atoms with E-state index in [1.165, 1.54) is 16.2 Å². The minimum atomic E-state index is -0.235. The van der Waals surface area contributed by atoms with Crippen molar-refractivity contribution in [3.63, 3.8) is 0 Å². The van der Waals surface area contributed by atoms with Crippen LogP contribution in [0.4, 0.5) is 5.69 Å². The lowest BCUT2D eigenvalue weighted by molar-refractivity contribution is -0.125. The monoisotopic (exact) mass is 393 g/mol. The molecule has 0 saturated heterocycles. The Kier molecular flexibility index (Phi) is 5.34. The van der Waals surface area contributed by atoms with Gasteiger partial charge in [0, 0.05) is 17.5 Å². The highest BCUT2D eigenvalue weighted by Gasteiger charge is 2.27. The van der Waals surface area contributed by atoms with Gasteiger partial charge in [-0.3, -0.25) is 14.5 Å². The zero-order valence-electron chi connectivity index (χ0n) is 15.1. The van der Waals surface area contributed by atoms with Crippen molar-refractivity contribution < 1.29 is 14.3 Å². The topological polar surface area (TPSA) is 71.5 Å². The van der Waals surface area contributed by atoms with Gasteiger partial charge in [0.25, 0.3) is 5.91 Å². The summed E-state index contributed by atoms with van der Waals surface area (Å²) in [5.74, 6) is 0.160. The van der Waals surface area contributed by atoms with Crippen molar-refractivity contribution in [3.05, 3.63) is 65.0 Å². The molecule has 2 heterocycles. The second kappa shape index (κ2) is 8.22. The third-order valence-corrected chi connectivity index (χ3v) is 5.10. The van der Waals surface area contributed by atoms with Crippen LogP contribution in [-0.4, -0.2) is 36.5 Å². The summed E-state index contributed by atoms with van der Waals surface area (Å²) >= 11 is 1.50. The van der Waals surface area contributed by atoms with Crippen molar-refractivity contribution in [1.82, 2.24) is 10.3 Å². The van der Waals surface area contributed by atoms with Crippen molar-refractivity contribution in [2.24, 2.45) is 0 Å². The molecule has 6 nitrogen and oxygen atoms in total. The van der Waals surface area contributed by atoms with Crippen molar-refractivity contribution in [2.75, 3.05) is 24.6 Å². The number of carbonyl (C=O) groups excluding carboxylic acids is 2. The summed E-state index contributed by atoms with van der Waals surface area (Å²) in [7, 11) is 0. The summed E-state index contributed by atoms with van der Waals surface area (Å²) in [6.07, 6.45) is 0.744. The van der Waals surface area contributed by atoms with Crippen LogP contribution in [0.3, 0.4) is 0 Å². The molecule has 2 aromatic carbocycles. The van der Waals surface area contributed by atoms with Gasteiger partial charge < -0.3 is 10.1 Å². The lowest BCUT2D eigenvalue weighted by Gasteiger charge is -2.29. The van der Waals surface area contributed by atoms with Gasteiger partial charge in [-0.15, -0.1) is 11.3 Å². The highest BCUT2D eigenvalue weighted by atomic mass is 32.1. The van der Waals surface area contributed by atoms with Gasteiger partial charge in [-0.05, 0) is 30.2 Å². The molecular weight excluding hydrogens is 374 g/mol. The van der Waals surface area contributed by atoms with Crippen LogP contribution in [0.1, 0.15) is 5.56 Å². The Morgan fingerprint density at radius 2 is 2.07 bits per heavy atom. The molecule has 1 aromatic heterocycles. The maximum atomic E-state index is 12.4. The molecule has 1 aliphatic heterocycles. The van der Waals surface area contributed by atoms with E-state index in [4.69, 9.17) is 4.74 Å². The average molecular weight is 393 g/mol. The summed E-state index contributed by atoms with van der Waals surface area (Å²) in [4.78, 5) is 30.6. The Balaban J connectivity index is 1.45. The molecule has 3 aromatic rings. The van der Waals surface area contributed by atoms with E-state index in [9.17, 15) is 9.59 Å². The first kappa shape index (κ1) is 18.2. The van der Waals surface area contributed by atoms with Gasteiger partial charge in [-0.25, -0.2) is 4.98 Å². The van der Waals surface area contributed by atoms with Crippen LogP contribution in [0.25, 0.3) is 11.3 Å². The number of anilines is 1. The molecule has 1 aliphatic rings. The van der Waals surface area contributed by atoms with Crippen LogP contribution in [-0.2, 0) is 16.0 Å². The van der Waals surface area contributed by atoms with E-state index >= 15 is 0 Å². The zero-order valence-corrected chi connectivity index (χ0v) is 15.9. The predicted octanol–water partition coefficient (Wildman–Crippen LogP) is 2.89. The van der Waals surface area contributed by atoms with Crippen molar-refractivity contribution in [3.8, 4) is 17.0 Å². The Labute approximate surface area is 166 Å². The van der Waals surface area contributed by atoms with Crippen LogP contribution >= 0.6 is 11.3 Å². The van der Waals surface area contributed by atoms with Crippen molar-refractivity contribution in [1.29, 1.82) is 0 Å². The number of amides is 2. The summed E-state index contributed by atoms with van der Waals surface area (Å²) in [5, 5.41) is 4.83. The van der Waals surface area contributed by atoms with Crippen LogP contribution in [0.15, 0.2) is 59.4 Å². The lowest BCUT2D eigenvalue weighted by atomic mass is 10.1. The van der Waals surface area contributed by atoms with E-state index in [1.807, 2.05) is 53.9 Å². The molecule has 4 rings (SSSR count). The molecular formula is C21H19N3O3S.